The Balaban J connectivity index is 1.34. The van der Waals surface area contributed by atoms with Crippen molar-refractivity contribution in [2.24, 2.45) is 5.92 Å². The molecule has 0 bridgehead atoms. The second kappa shape index (κ2) is 6.08. The largest absolute Gasteiger partial charge is 0.454 e. The van der Waals surface area contributed by atoms with Crippen LogP contribution in [0.4, 0.5) is 4.39 Å². The number of fused-ring (bicyclic) bond motifs is 1. The third-order valence-electron chi connectivity index (χ3n) is 4.37. The quantitative estimate of drug-likeness (QED) is 0.838. The second-order valence-electron chi connectivity index (χ2n) is 5.98. The summed E-state index contributed by atoms with van der Waals surface area (Å²) in [6.45, 7) is 0.121. The monoisotopic (exact) mass is 342 g/mol. The van der Waals surface area contributed by atoms with E-state index in [0.717, 1.165) is 0 Å². The molecule has 2 aromatic carbocycles. The predicted octanol–water partition coefficient (Wildman–Crippen LogP) is 2.12. The van der Waals surface area contributed by atoms with E-state index >= 15 is 0 Å². The Bertz CT molecular complexity index is 855. The number of carbonyl (C=O) groups is 2. The van der Waals surface area contributed by atoms with Gasteiger partial charge in [-0.3, -0.25) is 20.4 Å². The van der Waals surface area contributed by atoms with Crippen LogP contribution >= 0.6 is 0 Å². The minimum atomic E-state index is -0.463. The number of hydrogen-bond donors (Lipinski definition) is 2. The zero-order valence-corrected chi connectivity index (χ0v) is 13.1. The van der Waals surface area contributed by atoms with Crippen molar-refractivity contribution in [2.75, 3.05) is 6.79 Å². The first kappa shape index (κ1) is 15.4. The number of hydrogen-bond acceptors (Lipinski definition) is 4. The Morgan fingerprint density at radius 2 is 1.84 bits per heavy atom. The summed E-state index contributed by atoms with van der Waals surface area (Å²) < 4.78 is 24.1. The average molecular weight is 342 g/mol. The van der Waals surface area contributed by atoms with Gasteiger partial charge in [0.2, 0.25) is 12.7 Å². The highest BCUT2D eigenvalue weighted by molar-refractivity contribution is 5.96. The van der Waals surface area contributed by atoms with Gasteiger partial charge in [0.25, 0.3) is 5.91 Å². The molecular formula is C18H15FN2O4. The van der Waals surface area contributed by atoms with Crippen LogP contribution in [0.15, 0.2) is 42.5 Å². The first-order valence-corrected chi connectivity index (χ1v) is 7.88. The molecule has 0 spiro atoms. The maximum Gasteiger partial charge on any atom is 0.269 e. The standard InChI is InChI=1S/C18H15FN2O4/c19-14-4-2-1-3-11(14)12-8-13(12)18(23)21-20-17(22)10-5-6-15-16(7-10)25-9-24-15/h1-7,12-13H,8-9H2,(H,20,22)(H,21,23)/t12-,13-/m0/s1. The molecule has 1 fully saturated rings. The highest BCUT2D eigenvalue weighted by Crippen LogP contribution is 2.48. The molecule has 25 heavy (non-hydrogen) atoms. The van der Waals surface area contributed by atoms with E-state index in [1.54, 1.807) is 36.4 Å². The lowest BCUT2D eigenvalue weighted by atomic mass is 10.1. The van der Waals surface area contributed by atoms with Crippen LogP contribution in [0, 0.1) is 11.7 Å². The highest BCUT2D eigenvalue weighted by Gasteiger charge is 2.45. The molecule has 0 radical (unpaired) electrons. The van der Waals surface area contributed by atoms with Gasteiger partial charge in [0, 0.05) is 11.5 Å². The van der Waals surface area contributed by atoms with Gasteiger partial charge in [-0.05, 0) is 42.2 Å². The van der Waals surface area contributed by atoms with E-state index in [2.05, 4.69) is 10.9 Å². The van der Waals surface area contributed by atoms with Gasteiger partial charge >= 0.3 is 0 Å². The van der Waals surface area contributed by atoms with E-state index < -0.39 is 5.91 Å². The SMILES string of the molecule is O=C(NNC(=O)[C@H]1C[C@H]1c1ccccc1F)c1ccc2c(c1)OCO2. The van der Waals surface area contributed by atoms with Crippen LogP contribution in [0.25, 0.3) is 0 Å². The van der Waals surface area contributed by atoms with Gasteiger partial charge in [0.15, 0.2) is 11.5 Å². The Labute approximate surface area is 142 Å². The highest BCUT2D eigenvalue weighted by atomic mass is 19.1. The molecule has 2 aromatic rings. The summed E-state index contributed by atoms with van der Waals surface area (Å²) in [4.78, 5) is 24.2. The van der Waals surface area contributed by atoms with Crippen molar-refractivity contribution in [1.29, 1.82) is 0 Å². The molecule has 6 nitrogen and oxygen atoms in total. The Kier molecular flexibility index (Phi) is 3.76. The van der Waals surface area contributed by atoms with E-state index in [-0.39, 0.29) is 30.4 Å². The van der Waals surface area contributed by atoms with Crippen molar-refractivity contribution in [3.63, 3.8) is 0 Å². The summed E-state index contributed by atoms with van der Waals surface area (Å²) in [5.41, 5.74) is 5.64. The number of hydrazine groups is 1. The molecule has 1 aliphatic carbocycles. The first-order valence-electron chi connectivity index (χ1n) is 7.88. The van der Waals surface area contributed by atoms with Crippen molar-refractivity contribution in [3.8, 4) is 11.5 Å². The molecule has 0 unspecified atom stereocenters. The number of benzene rings is 2. The number of halogens is 1. The van der Waals surface area contributed by atoms with Gasteiger partial charge < -0.3 is 9.47 Å². The fraction of sp³-hybridized carbons (Fsp3) is 0.222. The molecule has 1 saturated carbocycles. The van der Waals surface area contributed by atoms with Crippen molar-refractivity contribution in [1.82, 2.24) is 10.9 Å². The lowest BCUT2D eigenvalue weighted by molar-refractivity contribution is -0.123. The van der Waals surface area contributed by atoms with E-state index in [1.807, 2.05) is 0 Å². The summed E-state index contributed by atoms with van der Waals surface area (Å²) in [6, 6.07) is 11.2. The molecule has 4 rings (SSSR count). The fourth-order valence-corrected chi connectivity index (χ4v) is 2.93. The van der Waals surface area contributed by atoms with Crippen molar-refractivity contribution in [2.45, 2.75) is 12.3 Å². The number of carbonyl (C=O) groups excluding carboxylic acids is 2. The molecule has 7 heteroatoms. The number of ether oxygens (including phenoxy) is 2. The van der Waals surface area contributed by atoms with Crippen molar-refractivity contribution in [3.05, 3.63) is 59.4 Å². The third-order valence-corrected chi connectivity index (χ3v) is 4.37. The summed E-state index contributed by atoms with van der Waals surface area (Å²) in [6.07, 6.45) is 0.562. The second-order valence-corrected chi connectivity index (χ2v) is 5.98. The van der Waals surface area contributed by atoms with Crippen LogP contribution in [0.3, 0.4) is 0 Å². The summed E-state index contributed by atoms with van der Waals surface area (Å²) >= 11 is 0. The molecule has 128 valence electrons. The normalized spacial score (nSPS) is 20.0. The van der Waals surface area contributed by atoms with Crippen LogP contribution in [-0.4, -0.2) is 18.6 Å². The maximum atomic E-state index is 13.7. The summed E-state index contributed by atoms with van der Waals surface area (Å²) in [5, 5.41) is 0. The minimum absolute atomic E-state index is 0.121. The van der Waals surface area contributed by atoms with Crippen molar-refractivity contribution >= 4 is 11.8 Å². The molecule has 2 atom stereocenters. The van der Waals surface area contributed by atoms with Gasteiger partial charge in [-0.15, -0.1) is 0 Å². The molecule has 1 aliphatic heterocycles. The van der Waals surface area contributed by atoms with E-state index in [4.69, 9.17) is 9.47 Å². The molecule has 0 aromatic heterocycles. The Morgan fingerprint density at radius 1 is 1.04 bits per heavy atom. The smallest absolute Gasteiger partial charge is 0.269 e. The molecule has 2 aliphatic rings. The predicted molar refractivity (Wildman–Crippen MR) is 85.4 cm³/mol. The number of rotatable bonds is 3. The van der Waals surface area contributed by atoms with Crippen LogP contribution in [0.2, 0.25) is 0 Å². The average Bonchev–Trinajstić information content (AvgIpc) is 3.28. The summed E-state index contributed by atoms with van der Waals surface area (Å²) in [7, 11) is 0. The van der Waals surface area contributed by atoms with Crippen LogP contribution in [0.1, 0.15) is 28.3 Å². The van der Waals surface area contributed by atoms with Crippen molar-refractivity contribution < 1.29 is 23.5 Å². The molecule has 0 saturated heterocycles. The fourth-order valence-electron chi connectivity index (χ4n) is 2.93. The zero-order chi connectivity index (χ0) is 17.4. The Morgan fingerprint density at radius 3 is 2.68 bits per heavy atom. The van der Waals surface area contributed by atoms with Gasteiger partial charge in [0.05, 0.1) is 0 Å². The van der Waals surface area contributed by atoms with Gasteiger partial charge in [-0.2, -0.15) is 0 Å². The molecular weight excluding hydrogens is 327 g/mol. The van der Waals surface area contributed by atoms with E-state index in [1.165, 1.54) is 6.07 Å². The molecule has 2 amide bonds. The van der Waals surface area contributed by atoms with Gasteiger partial charge in [0.1, 0.15) is 5.82 Å². The third kappa shape index (κ3) is 3.00. The lowest BCUT2D eigenvalue weighted by Crippen LogP contribution is -2.42. The van der Waals surface area contributed by atoms with Crippen LogP contribution in [-0.2, 0) is 4.79 Å². The van der Waals surface area contributed by atoms with E-state index in [9.17, 15) is 14.0 Å². The van der Waals surface area contributed by atoms with Gasteiger partial charge in [-0.1, -0.05) is 18.2 Å². The minimum Gasteiger partial charge on any atom is -0.454 e. The molecule has 1 heterocycles. The Hall–Kier alpha value is -3.09. The van der Waals surface area contributed by atoms with Crippen LogP contribution < -0.4 is 20.3 Å². The van der Waals surface area contributed by atoms with E-state index in [0.29, 0.717) is 29.0 Å². The van der Waals surface area contributed by atoms with Gasteiger partial charge in [-0.25, -0.2) is 4.39 Å². The summed E-state index contributed by atoms with van der Waals surface area (Å²) in [5.74, 6) is -0.533. The maximum absolute atomic E-state index is 13.7. The lowest BCUT2D eigenvalue weighted by Gasteiger charge is -2.08. The number of nitrogens with one attached hydrogen (secondary N) is 2. The molecule has 2 N–H and O–H groups in total. The zero-order valence-electron chi connectivity index (χ0n) is 13.1. The topological polar surface area (TPSA) is 76.7 Å². The first-order chi connectivity index (χ1) is 12.1. The number of amides is 2. The van der Waals surface area contributed by atoms with Crippen LogP contribution in [0.5, 0.6) is 11.5 Å².